The molecule has 2 aromatic carbocycles. The molecule has 0 aliphatic heterocycles. The number of aromatic nitrogens is 2. The zero-order valence-electron chi connectivity index (χ0n) is 15.7. The van der Waals surface area contributed by atoms with E-state index in [2.05, 4.69) is 25.6 Å². The largest absolute Gasteiger partial charge is 0.284 e. The maximum Gasteiger partial charge on any atom is 0.269 e. The summed E-state index contributed by atoms with van der Waals surface area (Å²) in [7, 11) is -7.45. The molecule has 2 aromatic heterocycles. The van der Waals surface area contributed by atoms with Crippen molar-refractivity contribution in [2.75, 3.05) is 11.0 Å². The molecule has 0 aliphatic carbocycles. The third-order valence-electron chi connectivity index (χ3n) is 4.35. The van der Waals surface area contributed by atoms with Crippen LogP contribution >= 0.6 is 15.9 Å². The first-order valence-corrected chi connectivity index (χ1v) is 12.8. The Morgan fingerprint density at radius 1 is 0.933 bits per heavy atom. The van der Waals surface area contributed by atoms with E-state index in [4.69, 9.17) is 0 Å². The summed E-state index contributed by atoms with van der Waals surface area (Å²) in [5.74, 6) is 0. The van der Waals surface area contributed by atoms with Crippen LogP contribution in [0.15, 0.2) is 82.3 Å². The van der Waals surface area contributed by atoms with Gasteiger partial charge in [0.1, 0.15) is 0 Å². The van der Waals surface area contributed by atoms with Crippen LogP contribution in [0.1, 0.15) is 0 Å². The van der Waals surface area contributed by atoms with Gasteiger partial charge in [-0.25, -0.2) is 25.8 Å². The van der Waals surface area contributed by atoms with Crippen molar-refractivity contribution in [1.29, 1.82) is 0 Å². The van der Waals surface area contributed by atoms with E-state index in [-0.39, 0.29) is 10.5 Å². The normalized spacial score (nSPS) is 12.2. The first-order chi connectivity index (χ1) is 14.2. The number of anilines is 1. The molecule has 30 heavy (non-hydrogen) atoms. The lowest BCUT2D eigenvalue weighted by Gasteiger charge is -2.12. The number of rotatable bonds is 5. The highest BCUT2D eigenvalue weighted by Gasteiger charge is 2.25. The van der Waals surface area contributed by atoms with Gasteiger partial charge in [-0.3, -0.25) is 4.72 Å². The smallest absolute Gasteiger partial charge is 0.269 e. The summed E-state index contributed by atoms with van der Waals surface area (Å²) in [6.45, 7) is 0. The predicted octanol–water partition coefficient (Wildman–Crippen LogP) is 4.07. The second-order valence-electron chi connectivity index (χ2n) is 6.60. The Morgan fingerprint density at radius 3 is 2.37 bits per heavy atom. The van der Waals surface area contributed by atoms with Gasteiger partial charge in [0.05, 0.1) is 16.8 Å². The van der Waals surface area contributed by atoms with E-state index in [0.717, 1.165) is 6.26 Å². The van der Waals surface area contributed by atoms with Gasteiger partial charge in [-0.15, -0.1) is 0 Å². The number of hydrogen-bond donors (Lipinski definition) is 1. The number of fused-ring (bicyclic) bond motifs is 1. The highest BCUT2D eigenvalue weighted by Crippen LogP contribution is 2.35. The summed E-state index contributed by atoms with van der Waals surface area (Å²) in [6, 6.07) is 18.1. The average molecular weight is 506 g/mol. The lowest BCUT2D eigenvalue weighted by molar-refractivity contribution is 0.589. The zero-order chi connectivity index (χ0) is 21.5. The van der Waals surface area contributed by atoms with Gasteiger partial charge < -0.3 is 0 Å². The zero-order valence-corrected chi connectivity index (χ0v) is 18.9. The first-order valence-electron chi connectivity index (χ1n) is 8.72. The van der Waals surface area contributed by atoms with E-state index in [1.807, 2.05) is 0 Å². The minimum Gasteiger partial charge on any atom is -0.284 e. The molecule has 0 amide bonds. The van der Waals surface area contributed by atoms with Crippen molar-refractivity contribution in [1.82, 2.24) is 8.96 Å². The fourth-order valence-electron chi connectivity index (χ4n) is 3.14. The van der Waals surface area contributed by atoms with Gasteiger partial charge >= 0.3 is 0 Å². The number of nitrogens with one attached hydrogen (secondary N) is 1. The summed E-state index contributed by atoms with van der Waals surface area (Å²) in [5.41, 5.74) is 1.49. The average Bonchev–Trinajstić information content (AvgIpc) is 3.09. The summed E-state index contributed by atoms with van der Waals surface area (Å²) in [5, 5.41) is 0.619. The second kappa shape index (κ2) is 7.53. The molecular weight excluding hydrogens is 490 g/mol. The SMILES string of the molecule is CS(=O)(=O)Nc1cccc(-c2cc3c(Br)ccnc3n2S(=O)(=O)c2ccccc2)c1. The van der Waals surface area contributed by atoms with Crippen molar-refractivity contribution in [3.05, 3.63) is 77.4 Å². The van der Waals surface area contributed by atoms with Crippen LogP contribution in [0, 0.1) is 0 Å². The van der Waals surface area contributed by atoms with E-state index in [9.17, 15) is 16.8 Å². The third kappa shape index (κ3) is 3.85. The first kappa shape index (κ1) is 20.6. The van der Waals surface area contributed by atoms with Gasteiger partial charge in [0.2, 0.25) is 10.0 Å². The Hall–Kier alpha value is -2.69. The van der Waals surface area contributed by atoms with Gasteiger partial charge in [0, 0.05) is 27.3 Å². The number of hydrogen-bond acceptors (Lipinski definition) is 5. The Morgan fingerprint density at radius 2 is 1.67 bits per heavy atom. The molecule has 0 radical (unpaired) electrons. The molecule has 1 N–H and O–H groups in total. The van der Waals surface area contributed by atoms with Crippen molar-refractivity contribution in [3.63, 3.8) is 0 Å². The highest BCUT2D eigenvalue weighted by molar-refractivity contribution is 9.10. The maximum absolute atomic E-state index is 13.5. The Labute approximate surface area is 182 Å². The van der Waals surface area contributed by atoms with Crippen molar-refractivity contribution in [2.24, 2.45) is 0 Å². The predicted molar refractivity (Wildman–Crippen MR) is 120 cm³/mol. The fourth-order valence-corrected chi connectivity index (χ4v) is 5.61. The molecule has 10 heteroatoms. The number of benzene rings is 2. The molecule has 0 spiro atoms. The van der Waals surface area contributed by atoms with Crippen LogP contribution in [0.25, 0.3) is 22.3 Å². The molecule has 4 aromatic rings. The molecule has 0 fully saturated rings. The minimum atomic E-state index is -3.97. The van der Waals surface area contributed by atoms with E-state index in [1.54, 1.807) is 54.6 Å². The molecule has 0 aliphatic rings. The lowest BCUT2D eigenvalue weighted by Crippen LogP contribution is -2.15. The molecule has 0 unspecified atom stereocenters. The van der Waals surface area contributed by atoms with Gasteiger partial charge in [0.15, 0.2) is 5.65 Å². The Kier molecular flexibility index (Phi) is 5.16. The van der Waals surface area contributed by atoms with E-state index in [1.165, 1.54) is 22.3 Å². The monoisotopic (exact) mass is 505 g/mol. The van der Waals surface area contributed by atoms with Crippen LogP contribution in [0.4, 0.5) is 5.69 Å². The molecule has 4 rings (SSSR count). The number of sulfonamides is 1. The van der Waals surface area contributed by atoms with Gasteiger partial charge in [-0.1, -0.05) is 30.3 Å². The van der Waals surface area contributed by atoms with Crippen LogP contribution < -0.4 is 4.72 Å². The fraction of sp³-hybridized carbons (Fsp3) is 0.0500. The summed E-state index contributed by atoms with van der Waals surface area (Å²) in [6.07, 6.45) is 2.58. The maximum atomic E-state index is 13.5. The number of nitrogens with zero attached hydrogens (tertiary/aromatic N) is 2. The quantitative estimate of drug-likeness (QED) is 0.440. The number of halogens is 1. The van der Waals surface area contributed by atoms with E-state index in [0.29, 0.717) is 26.8 Å². The standard InChI is InChI=1S/C20H16BrN3O4S2/c1-29(25,26)23-15-7-5-6-14(12-15)19-13-17-18(21)10-11-22-20(17)24(19)30(27,28)16-8-3-2-4-9-16/h2-13,23H,1H3. The highest BCUT2D eigenvalue weighted by atomic mass is 79.9. The summed E-state index contributed by atoms with van der Waals surface area (Å²) < 4.78 is 54.6. The lowest BCUT2D eigenvalue weighted by atomic mass is 10.1. The number of pyridine rings is 1. The summed E-state index contributed by atoms with van der Waals surface area (Å²) >= 11 is 3.45. The van der Waals surface area contributed by atoms with E-state index < -0.39 is 20.0 Å². The van der Waals surface area contributed by atoms with Crippen LogP contribution in [-0.4, -0.2) is 32.0 Å². The van der Waals surface area contributed by atoms with Crippen LogP contribution in [0.5, 0.6) is 0 Å². The molecule has 7 nitrogen and oxygen atoms in total. The molecule has 154 valence electrons. The van der Waals surface area contributed by atoms with Gasteiger partial charge in [-0.2, -0.15) is 0 Å². The third-order valence-corrected chi connectivity index (χ3v) is 7.37. The van der Waals surface area contributed by atoms with Crippen molar-refractivity contribution in [3.8, 4) is 11.3 Å². The van der Waals surface area contributed by atoms with E-state index >= 15 is 0 Å². The Balaban J connectivity index is 2.02. The van der Waals surface area contributed by atoms with Crippen molar-refractivity contribution < 1.29 is 16.8 Å². The Bertz CT molecular complexity index is 1460. The molecule has 0 atom stereocenters. The van der Waals surface area contributed by atoms with Gasteiger partial charge in [0.25, 0.3) is 10.0 Å². The second-order valence-corrected chi connectivity index (χ2v) is 11.0. The molecule has 0 bridgehead atoms. The topological polar surface area (TPSA) is 98.1 Å². The van der Waals surface area contributed by atoms with Crippen LogP contribution in [0.3, 0.4) is 0 Å². The van der Waals surface area contributed by atoms with Gasteiger partial charge in [-0.05, 0) is 52.3 Å². The molecular formula is C20H16BrN3O4S2. The minimum absolute atomic E-state index is 0.121. The van der Waals surface area contributed by atoms with Crippen LogP contribution in [-0.2, 0) is 20.0 Å². The van der Waals surface area contributed by atoms with Crippen molar-refractivity contribution in [2.45, 2.75) is 4.90 Å². The molecule has 2 heterocycles. The van der Waals surface area contributed by atoms with Crippen LogP contribution in [0.2, 0.25) is 0 Å². The molecule has 0 saturated heterocycles. The summed E-state index contributed by atoms with van der Waals surface area (Å²) in [4.78, 5) is 4.43. The molecule has 0 saturated carbocycles. The van der Waals surface area contributed by atoms with Crippen molar-refractivity contribution >= 4 is 52.7 Å².